The normalized spacial score (nSPS) is 14.7. The molecule has 1 N–H and O–H groups in total. The number of nitrogens with one attached hydrogen (secondary N) is 1. The molecule has 2 heterocycles. The van der Waals surface area contributed by atoms with Crippen molar-refractivity contribution < 1.29 is 4.79 Å². The molecule has 1 aliphatic heterocycles. The van der Waals surface area contributed by atoms with E-state index in [2.05, 4.69) is 20.2 Å². The SMILES string of the molecule is O=C(Nc1ccc(Cl)cc1)c1cc(N2CCCCC2)ncn1. The minimum Gasteiger partial charge on any atom is -0.357 e. The van der Waals surface area contributed by atoms with Crippen molar-refractivity contribution in [1.82, 2.24) is 9.97 Å². The summed E-state index contributed by atoms with van der Waals surface area (Å²) in [4.78, 5) is 22.8. The molecule has 1 aromatic carbocycles. The highest BCUT2D eigenvalue weighted by molar-refractivity contribution is 6.30. The molecule has 22 heavy (non-hydrogen) atoms. The Hall–Kier alpha value is -2.14. The fraction of sp³-hybridized carbons (Fsp3) is 0.312. The van der Waals surface area contributed by atoms with E-state index in [1.54, 1.807) is 30.3 Å². The summed E-state index contributed by atoms with van der Waals surface area (Å²) in [6.45, 7) is 1.96. The monoisotopic (exact) mass is 316 g/mol. The topological polar surface area (TPSA) is 58.1 Å². The van der Waals surface area contributed by atoms with Crippen LogP contribution in [-0.4, -0.2) is 29.0 Å². The Morgan fingerprint density at radius 3 is 2.55 bits per heavy atom. The first-order valence-corrected chi connectivity index (χ1v) is 7.74. The number of halogens is 1. The Kier molecular flexibility index (Phi) is 4.53. The molecular weight excluding hydrogens is 300 g/mol. The van der Waals surface area contributed by atoms with Gasteiger partial charge in [0.05, 0.1) is 0 Å². The molecule has 1 fully saturated rings. The van der Waals surface area contributed by atoms with Crippen LogP contribution in [0, 0.1) is 0 Å². The third-order valence-corrected chi connectivity index (χ3v) is 3.92. The Morgan fingerprint density at radius 2 is 1.82 bits per heavy atom. The highest BCUT2D eigenvalue weighted by Crippen LogP contribution is 2.18. The van der Waals surface area contributed by atoms with Gasteiger partial charge in [0.1, 0.15) is 17.8 Å². The molecule has 1 saturated heterocycles. The summed E-state index contributed by atoms with van der Waals surface area (Å²) in [5, 5.41) is 3.44. The highest BCUT2D eigenvalue weighted by Gasteiger charge is 2.15. The van der Waals surface area contributed by atoms with Crippen LogP contribution in [0.4, 0.5) is 11.5 Å². The fourth-order valence-corrected chi connectivity index (χ4v) is 2.62. The molecular formula is C16H17ClN4O. The second-order valence-corrected chi connectivity index (χ2v) is 5.71. The van der Waals surface area contributed by atoms with Gasteiger partial charge in [0.2, 0.25) is 0 Å². The van der Waals surface area contributed by atoms with Crippen molar-refractivity contribution in [2.75, 3.05) is 23.3 Å². The predicted octanol–water partition coefficient (Wildman–Crippen LogP) is 3.37. The van der Waals surface area contributed by atoms with E-state index >= 15 is 0 Å². The first-order chi connectivity index (χ1) is 10.7. The van der Waals surface area contributed by atoms with E-state index in [1.165, 1.54) is 12.7 Å². The summed E-state index contributed by atoms with van der Waals surface area (Å²) in [5.41, 5.74) is 1.05. The van der Waals surface area contributed by atoms with Gasteiger partial charge < -0.3 is 10.2 Å². The Labute approximate surface area is 134 Å². The van der Waals surface area contributed by atoms with Gasteiger partial charge >= 0.3 is 0 Å². The van der Waals surface area contributed by atoms with Gasteiger partial charge in [0, 0.05) is 29.9 Å². The second-order valence-electron chi connectivity index (χ2n) is 5.27. The lowest BCUT2D eigenvalue weighted by Gasteiger charge is -2.27. The molecule has 1 aromatic heterocycles. The molecule has 0 bridgehead atoms. The highest BCUT2D eigenvalue weighted by atomic mass is 35.5. The van der Waals surface area contributed by atoms with Crippen LogP contribution in [0.3, 0.4) is 0 Å². The van der Waals surface area contributed by atoms with Crippen molar-refractivity contribution in [1.29, 1.82) is 0 Å². The fourth-order valence-electron chi connectivity index (χ4n) is 2.50. The van der Waals surface area contributed by atoms with Crippen molar-refractivity contribution in [2.24, 2.45) is 0 Å². The quantitative estimate of drug-likeness (QED) is 0.943. The van der Waals surface area contributed by atoms with E-state index in [4.69, 9.17) is 11.6 Å². The number of aromatic nitrogens is 2. The summed E-state index contributed by atoms with van der Waals surface area (Å²) in [5.74, 6) is 0.568. The van der Waals surface area contributed by atoms with E-state index in [9.17, 15) is 4.79 Å². The van der Waals surface area contributed by atoms with Gasteiger partial charge in [-0.2, -0.15) is 0 Å². The van der Waals surface area contributed by atoms with Crippen molar-refractivity contribution >= 4 is 29.0 Å². The van der Waals surface area contributed by atoms with Crippen LogP contribution in [0.25, 0.3) is 0 Å². The molecule has 0 atom stereocenters. The molecule has 2 aromatic rings. The molecule has 1 amide bonds. The number of hydrogen-bond donors (Lipinski definition) is 1. The van der Waals surface area contributed by atoms with Gasteiger partial charge in [0.15, 0.2) is 0 Å². The minimum atomic E-state index is -0.247. The Bertz CT molecular complexity index is 653. The number of nitrogens with zero attached hydrogens (tertiary/aromatic N) is 3. The van der Waals surface area contributed by atoms with Crippen molar-refractivity contribution in [3.63, 3.8) is 0 Å². The zero-order chi connectivity index (χ0) is 15.4. The first kappa shape index (κ1) is 14.8. The van der Waals surface area contributed by atoms with Crippen LogP contribution in [0.2, 0.25) is 5.02 Å². The number of piperidine rings is 1. The number of amides is 1. The molecule has 6 heteroatoms. The lowest BCUT2D eigenvalue weighted by Crippen LogP contribution is -2.30. The molecule has 0 aliphatic carbocycles. The first-order valence-electron chi connectivity index (χ1n) is 7.36. The molecule has 3 rings (SSSR count). The van der Waals surface area contributed by atoms with Crippen LogP contribution in [0.1, 0.15) is 29.8 Å². The van der Waals surface area contributed by atoms with Gasteiger partial charge in [-0.1, -0.05) is 11.6 Å². The number of carbonyl (C=O) groups excluding carboxylic acids is 1. The number of rotatable bonds is 3. The largest absolute Gasteiger partial charge is 0.357 e. The van der Waals surface area contributed by atoms with E-state index in [1.807, 2.05) is 0 Å². The van der Waals surface area contributed by atoms with Gasteiger partial charge in [-0.05, 0) is 43.5 Å². The average molecular weight is 317 g/mol. The summed E-state index contributed by atoms with van der Waals surface area (Å²) in [6.07, 6.45) is 5.03. The van der Waals surface area contributed by atoms with E-state index in [-0.39, 0.29) is 5.91 Å². The van der Waals surface area contributed by atoms with E-state index < -0.39 is 0 Å². The average Bonchev–Trinajstić information content (AvgIpc) is 2.58. The number of benzene rings is 1. The summed E-state index contributed by atoms with van der Waals surface area (Å²) in [6, 6.07) is 8.73. The van der Waals surface area contributed by atoms with Crippen molar-refractivity contribution in [3.8, 4) is 0 Å². The van der Waals surface area contributed by atoms with E-state index in [0.29, 0.717) is 16.4 Å². The maximum atomic E-state index is 12.3. The van der Waals surface area contributed by atoms with Crippen molar-refractivity contribution in [2.45, 2.75) is 19.3 Å². The minimum absolute atomic E-state index is 0.247. The van der Waals surface area contributed by atoms with Crippen LogP contribution in [0.15, 0.2) is 36.7 Å². The smallest absolute Gasteiger partial charge is 0.274 e. The number of anilines is 2. The zero-order valence-corrected chi connectivity index (χ0v) is 12.9. The standard InChI is InChI=1S/C16H17ClN4O/c17-12-4-6-13(7-5-12)20-16(22)14-10-15(19-11-18-14)21-8-2-1-3-9-21/h4-7,10-11H,1-3,8-9H2,(H,20,22). The lowest BCUT2D eigenvalue weighted by atomic mass is 10.1. The molecule has 5 nitrogen and oxygen atoms in total. The van der Waals surface area contributed by atoms with Gasteiger partial charge in [-0.3, -0.25) is 4.79 Å². The lowest BCUT2D eigenvalue weighted by molar-refractivity contribution is 0.102. The van der Waals surface area contributed by atoms with Gasteiger partial charge in [0.25, 0.3) is 5.91 Å². The Morgan fingerprint density at radius 1 is 1.09 bits per heavy atom. The van der Waals surface area contributed by atoms with Crippen LogP contribution in [-0.2, 0) is 0 Å². The van der Waals surface area contributed by atoms with Gasteiger partial charge in [-0.25, -0.2) is 9.97 Å². The summed E-state index contributed by atoms with van der Waals surface area (Å²) >= 11 is 5.83. The van der Waals surface area contributed by atoms with Crippen LogP contribution >= 0.6 is 11.6 Å². The summed E-state index contributed by atoms with van der Waals surface area (Å²) < 4.78 is 0. The molecule has 0 spiro atoms. The van der Waals surface area contributed by atoms with Crippen molar-refractivity contribution in [3.05, 3.63) is 47.4 Å². The van der Waals surface area contributed by atoms with Crippen LogP contribution < -0.4 is 10.2 Å². The molecule has 0 saturated carbocycles. The van der Waals surface area contributed by atoms with E-state index in [0.717, 1.165) is 31.7 Å². The molecule has 0 unspecified atom stereocenters. The zero-order valence-electron chi connectivity index (χ0n) is 12.1. The molecule has 114 valence electrons. The third kappa shape index (κ3) is 3.54. The Balaban J connectivity index is 1.73. The van der Waals surface area contributed by atoms with Crippen LogP contribution in [0.5, 0.6) is 0 Å². The predicted molar refractivity (Wildman–Crippen MR) is 87.5 cm³/mol. The van der Waals surface area contributed by atoms with Gasteiger partial charge in [-0.15, -0.1) is 0 Å². The molecule has 1 aliphatic rings. The third-order valence-electron chi connectivity index (χ3n) is 3.67. The maximum Gasteiger partial charge on any atom is 0.274 e. The second kappa shape index (κ2) is 6.75. The number of carbonyl (C=O) groups is 1. The summed E-state index contributed by atoms with van der Waals surface area (Å²) in [7, 11) is 0. The molecule has 0 radical (unpaired) electrons. The maximum absolute atomic E-state index is 12.3. The number of hydrogen-bond acceptors (Lipinski definition) is 4.